The molecule has 0 aliphatic rings. The standard InChI is InChI=1S/C11H18N6/c1-5-12-11-14-8(2)6-17(11)9(3)10-15-13-7-16(10)4/h6-7,9H,5H2,1-4H3,(H,12,14). The lowest BCUT2D eigenvalue weighted by Gasteiger charge is -2.15. The van der Waals surface area contributed by atoms with Crippen molar-refractivity contribution in [3.63, 3.8) is 0 Å². The van der Waals surface area contributed by atoms with Crippen LogP contribution in [0.5, 0.6) is 0 Å². The third-order valence-electron chi connectivity index (χ3n) is 2.72. The summed E-state index contributed by atoms with van der Waals surface area (Å²) in [6.45, 7) is 6.98. The van der Waals surface area contributed by atoms with Crippen LogP contribution >= 0.6 is 0 Å². The molecule has 2 rings (SSSR count). The van der Waals surface area contributed by atoms with Gasteiger partial charge in [-0.15, -0.1) is 10.2 Å². The highest BCUT2D eigenvalue weighted by Crippen LogP contribution is 2.20. The number of hydrogen-bond donors (Lipinski definition) is 1. The summed E-state index contributed by atoms with van der Waals surface area (Å²) in [5.74, 6) is 1.79. The summed E-state index contributed by atoms with van der Waals surface area (Å²) in [6, 6.07) is 0.109. The van der Waals surface area contributed by atoms with E-state index in [4.69, 9.17) is 0 Å². The van der Waals surface area contributed by atoms with Crippen LogP contribution in [0.2, 0.25) is 0 Å². The Morgan fingerprint density at radius 1 is 1.47 bits per heavy atom. The first kappa shape index (κ1) is 11.6. The molecule has 2 aromatic rings. The summed E-state index contributed by atoms with van der Waals surface area (Å²) >= 11 is 0. The summed E-state index contributed by atoms with van der Waals surface area (Å²) in [7, 11) is 1.95. The van der Waals surface area contributed by atoms with Crippen molar-refractivity contribution < 1.29 is 0 Å². The van der Waals surface area contributed by atoms with Crippen LogP contribution in [0, 0.1) is 6.92 Å². The Morgan fingerprint density at radius 2 is 2.24 bits per heavy atom. The summed E-state index contributed by atoms with van der Waals surface area (Å²) in [5, 5.41) is 11.3. The van der Waals surface area contributed by atoms with Gasteiger partial charge in [-0.2, -0.15) is 0 Å². The molecule has 1 atom stereocenters. The lowest BCUT2D eigenvalue weighted by molar-refractivity contribution is 0.577. The third kappa shape index (κ3) is 2.15. The zero-order valence-corrected chi connectivity index (χ0v) is 10.7. The first-order valence-electron chi connectivity index (χ1n) is 5.76. The minimum atomic E-state index is 0.109. The smallest absolute Gasteiger partial charge is 0.203 e. The zero-order chi connectivity index (χ0) is 12.4. The van der Waals surface area contributed by atoms with Crippen molar-refractivity contribution in [2.24, 2.45) is 7.05 Å². The van der Waals surface area contributed by atoms with Crippen molar-refractivity contribution in [2.45, 2.75) is 26.8 Å². The number of nitrogens with one attached hydrogen (secondary N) is 1. The first-order chi connectivity index (χ1) is 8.13. The number of aromatic nitrogens is 5. The summed E-state index contributed by atoms with van der Waals surface area (Å²) in [4.78, 5) is 4.46. The molecule has 6 heteroatoms. The third-order valence-corrected chi connectivity index (χ3v) is 2.72. The van der Waals surface area contributed by atoms with Gasteiger partial charge in [0.1, 0.15) is 6.33 Å². The molecule has 2 heterocycles. The van der Waals surface area contributed by atoms with Gasteiger partial charge in [0.2, 0.25) is 5.95 Å². The predicted octanol–water partition coefficient (Wildman–Crippen LogP) is 1.36. The number of aryl methyl sites for hydroxylation is 2. The van der Waals surface area contributed by atoms with Gasteiger partial charge in [-0.25, -0.2) is 4.98 Å². The molecule has 0 aromatic carbocycles. The molecule has 92 valence electrons. The van der Waals surface area contributed by atoms with Gasteiger partial charge in [0.05, 0.1) is 11.7 Å². The van der Waals surface area contributed by atoms with Gasteiger partial charge in [0.15, 0.2) is 5.82 Å². The Balaban J connectivity index is 2.36. The Hall–Kier alpha value is -1.85. The second-order valence-corrected chi connectivity index (χ2v) is 4.12. The predicted molar refractivity (Wildman–Crippen MR) is 65.9 cm³/mol. The van der Waals surface area contributed by atoms with Crippen LogP contribution in [0.4, 0.5) is 5.95 Å². The maximum absolute atomic E-state index is 4.46. The minimum Gasteiger partial charge on any atom is -0.356 e. The van der Waals surface area contributed by atoms with E-state index in [2.05, 4.69) is 38.9 Å². The van der Waals surface area contributed by atoms with Crippen molar-refractivity contribution in [1.29, 1.82) is 0 Å². The topological polar surface area (TPSA) is 60.6 Å². The van der Waals surface area contributed by atoms with Crippen molar-refractivity contribution in [3.8, 4) is 0 Å². The van der Waals surface area contributed by atoms with Gasteiger partial charge in [-0.05, 0) is 20.8 Å². The molecule has 0 radical (unpaired) electrons. The van der Waals surface area contributed by atoms with Crippen molar-refractivity contribution >= 4 is 5.95 Å². The van der Waals surface area contributed by atoms with E-state index in [1.165, 1.54) is 0 Å². The lowest BCUT2D eigenvalue weighted by Crippen LogP contribution is -2.14. The van der Waals surface area contributed by atoms with Gasteiger partial charge >= 0.3 is 0 Å². The molecule has 0 bridgehead atoms. The Bertz CT molecular complexity index is 498. The Kier molecular flexibility index (Phi) is 3.12. The maximum atomic E-state index is 4.46. The van der Waals surface area contributed by atoms with Gasteiger partial charge in [-0.3, -0.25) is 0 Å². The number of nitrogens with zero attached hydrogens (tertiary/aromatic N) is 5. The zero-order valence-electron chi connectivity index (χ0n) is 10.7. The summed E-state index contributed by atoms with van der Waals surface area (Å²) in [5.41, 5.74) is 0.995. The fourth-order valence-corrected chi connectivity index (χ4v) is 1.90. The fraction of sp³-hybridized carbons (Fsp3) is 0.545. The van der Waals surface area contributed by atoms with Crippen LogP contribution in [0.3, 0.4) is 0 Å². The fourth-order valence-electron chi connectivity index (χ4n) is 1.90. The monoisotopic (exact) mass is 234 g/mol. The van der Waals surface area contributed by atoms with Crippen molar-refractivity contribution in [3.05, 3.63) is 24.0 Å². The van der Waals surface area contributed by atoms with Gasteiger partial charge < -0.3 is 14.5 Å². The molecule has 1 N–H and O–H groups in total. The van der Waals surface area contributed by atoms with Gasteiger partial charge in [0, 0.05) is 19.8 Å². The molecular formula is C11H18N6. The number of rotatable bonds is 4. The molecule has 6 nitrogen and oxygen atoms in total. The van der Waals surface area contributed by atoms with E-state index in [1.807, 2.05) is 24.7 Å². The van der Waals surface area contributed by atoms with Crippen molar-refractivity contribution in [2.75, 3.05) is 11.9 Å². The van der Waals surface area contributed by atoms with Gasteiger partial charge in [-0.1, -0.05) is 0 Å². The van der Waals surface area contributed by atoms with Crippen molar-refractivity contribution in [1.82, 2.24) is 24.3 Å². The largest absolute Gasteiger partial charge is 0.356 e. The van der Waals surface area contributed by atoms with Gasteiger partial charge in [0.25, 0.3) is 0 Å². The molecule has 0 spiro atoms. The number of hydrogen-bond acceptors (Lipinski definition) is 4. The summed E-state index contributed by atoms with van der Waals surface area (Å²) in [6.07, 6.45) is 3.74. The second kappa shape index (κ2) is 4.57. The van der Waals surface area contributed by atoms with E-state index >= 15 is 0 Å². The SMILES string of the molecule is CCNc1nc(C)cn1C(C)c1nncn1C. The van der Waals surface area contributed by atoms with Crippen LogP contribution in [0.1, 0.15) is 31.4 Å². The van der Waals surface area contributed by atoms with Crippen LogP contribution in [0.25, 0.3) is 0 Å². The Labute approximate surface area is 101 Å². The van der Waals surface area contributed by atoms with E-state index in [0.717, 1.165) is 24.0 Å². The van der Waals surface area contributed by atoms with Crippen LogP contribution in [-0.2, 0) is 7.05 Å². The Morgan fingerprint density at radius 3 is 2.82 bits per heavy atom. The molecule has 2 aromatic heterocycles. The van der Waals surface area contributed by atoms with Crippen LogP contribution in [-0.4, -0.2) is 30.9 Å². The molecular weight excluding hydrogens is 216 g/mol. The van der Waals surface area contributed by atoms with E-state index in [0.29, 0.717) is 0 Å². The molecule has 1 unspecified atom stereocenters. The molecule has 0 aliphatic carbocycles. The van der Waals surface area contributed by atoms with E-state index in [9.17, 15) is 0 Å². The average molecular weight is 234 g/mol. The maximum Gasteiger partial charge on any atom is 0.203 e. The second-order valence-electron chi connectivity index (χ2n) is 4.12. The summed E-state index contributed by atoms with van der Waals surface area (Å²) < 4.78 is 4.01. The molecule has 0 fully saturated rings. The quantitative estimate of drug-likeness (QED) is 0.867. The first-order valence-corrected chi connectivity index (χ1v) is 5.76. The van der Waals surface area contributed by atoms with Crippen LogP contribution < -0.4 is 5.32 Å². The highest BCUT2D eigenvalue weighted by molar-refractivity contribution is 5.30. The molecule has 0 amide bonds. The molecule has 0 aliphatic heterocycles. The van der Waals surface area contributed by atoms with E-state index in [-0.39, 0.29) is 6.04 Å². The average Bonchev–Trinajstić information content (AvgIpc) is 2.85. The van der Waals surface area contributed by atoms with E-state index in [1.54, 1.807) is 6.33 Å². The lowest BCUT2D eigenvalue weighted by atomic mass is 10.3. The number of imidazole rings is 1. The minimum absolute atomic E-state index is 0.109. The van der Waals surface area contributed by atoms with Crippen LogP contribution in [0.15, 0.2) is 12.5 Å². The highest BCUT2D eigenvalue weighted by atomic mass is 15.3. The highest BCUT2D eigenvalue weighted by Gasteiger charge is 2.17. The number of anilines is 1. The normalized spacial score (nSPS) is 12.7. The van der Waals surface area contributed by atoms with E-state index < -0.39 is 0 Å². The molecule has 17 heavy (non-hydrogen) atoms. The molecule has 0 saturated carbocycles. The molecule has 0 saturated heterocycles.